The smallest absolute Gasteiger partial charge is 0.332 e. The van der Waals surface area contributed by atoms with E-state index in [1.165, 1.54) is 11.1 Å². The van der Waals surface area contributed by atoms with Crippen LogP contribution in [0, 0.1) is 0 Å². The molecule has 0 aromatic rings. The fourth-order valence-corrected chi connectivity index (χ4v) is 1.95. The topological polar surface area (TPSA) is 55.8 Å². The molecule has 0 aliphatic rings. The van der Waals surface area contributed by atoms with Crippen LogP contribution in [-0.4, -0.2) is 37.5 Å². The van der Waals surface area contributed by atoms with Gasteiger partial charge in [-0.3, -0.25) is 0 Å². The molecule has 1 N–H and O–H groups in total. The van der Waals surface area contributed by atoms with Gasteiger partial charge in [0.1, 0.15) is 6.61 Å². The summed E-state index contributed by atoms with van der Waals surface area (Å²) in [5, 5.41) is 8.51. The van der Waals surface area contributed by atoms with Gasteiger partial charge in [0.05, 0.1) is 19.8 Å². The van der Waals surface area contributed by atoms with Crippen molar-refractivity contribution in [3.63, 3.8) is 0 Å². The molecule has 0 saturated heterocycles. The molecular weight excluding hydrogens is 316 g/mol. The Kier molecular flexibility index (Phi) is 16.0. The van der Waals surface area contributed by atoms with Crippen LogP contribution in [-0.2, 0) is 14.3 Å². The van der Waals surface area contributed by atoms with Gasteiger partial charge >= 0.3 is 5.97 Å². The van der Waals surface area contributed by atoms with Crippen LogP contribution >= 0.6 is 0 Å². The molecule has 0 aromatic heterocycles. The zero-order chi connectivity index (χ0) is 18.8. The highest BCUT2D eigenvalue weighted by Gasteiger charge is 2.00. The summed E-state index contributed by atoms with van der Waals surface area (Å²) >= 11 is 0. The van der Waals surface area contributed by atoms with Crippen molar-refractivity contribution in [3.8, 4) is 0 Å². The molecule has 0 rings (SSSR count). The Hall–Kier alpha value is -1.65. The van der Waals surface area contributed by atoms with E-state index in [9.17, 15) is 4.79 Å². The number of ether oxygens (including phenoxy) is 2. The summed E-state index contributed by atoms with van der Waals surface area (Å²) in [6.07, 6.45) is 17.7. The first kappa shape index (κ1) is 23.4. The van der Waals surface area contributed by atoms with Crippen molar-refractivity contribution in [3.05, 3.63) is 47.6 Å². The monoisotopic (exact) mass is 350 g/mol. The molecule has 0 aliphatic heterocycles. The quantitative estimate of drug-likeness (QED) is 0.284. The molecular formula is C21H34O4. The van der Waals surface area contributed by atoms with E-state index in [0.717, 1.165) is 25.7 Å². The minimum absolute atomic E-state index is 0.0885. The maximum absolute atomic E-state index is 11.2. The number of allylic oxidation sites excluding steroid dienone is 7. The Bertz CT molecular complexity index is 455. The van der Waals surface area contributed by atoms with Gasteiger partial charge in [-0.25, -0.2) is 4.79 Å². The van der Waals surface area contributed by atoms with E-state index in [1.807, 2.05) is 6.08 Å². The Morgan fingerprint density at radius 3 is 2.36 bits per heavy atom. The van der Waals surface area contributed by atoms with Gasteiger partial charge in [-0.2, -0.15) is 0 Å². The third-order valence-corrected chi connectivity index (χ3v) is 3.30. The van der Waals surface area contributed by atoms with Crippen molar-refractivity contribution in [2.75, 3.05) is 26.4 Å². The van der Waals surface area contributed by atoms with Gasteiger partial charge in [-0.05, 0) is 52.9 Å². The molecule has 0 aromatic carbocycles. The zero-order valence-corrected chi connectivity index (χ0v) is 16.0. The largest absolute Gasteiger partial charge is 0.464 e. The van der Waals surface area contributed by atoms with E-state index >= 15 is 0 Å². The van der Waals surface area contributed by atoms with Crippen LogP contribution < -0.4 is 0 Å². The Morgan fingerprint density at radius 2 is 1.64 bits per heavy atom. The zero-order valence-electron chi connectivity index (χ0n) is 16.0. The number of esters is 1. The van der Waals surface area contributed by atoms with Crippen molar-refractivity contribution in [1.82, 2.24) is 0 Å². The molecule has 0 saturated carbocycles. The minimum Gasteiger partial charge on any atom is -0.464 e. The van der Waals surface area contributed by atoms with Crippen molar-refractivity contribution in [2.24, 2.45) is 0 Å². The van der Waals surface area contributed by atoms with Crippen LogP contribution in [0.25, 0.3) is 0 Å². The summed E-state index contributed by atoms with van der Waals surface area (Å²) in [6.45, 7) is 6.77. The lowest BCUT2D eigenvalue weighted by molar-refractivity contribution is -0.149. The Labute approximate surface area is 152 Å². The average Bonchev–Trinajstić information content (AvgIpc) is 2.56. The highest BCUT2D eigenvalue weighted by molar-refractivity contribution is 5.70. The number of aliphatic hydroxyl groups is 1. The van der Waals surface area contributed by atoms with Crippen molar-refractivity contribution in [2.45, 2.75) is 52.9 Å². The second-order valence-corrected chi connectivity index (χ2v) is 6.07. The maximum Gasteiger partial charge on any atom is 0.332 e. The molecule has 0 unspecified atom stereocenters. The second-order valence-electron chi connectivity index (χ2n) is 6.07. The fourth-order valence-electron chi connectivity index (χ4n) is 1.95. The van der Waals surface area contributed by atoms with Gasteiger partial charge in [0, 0.05) is 0 Å². The van der Waals surface area contributed by atoms with E-state index < -0.39 is 5.97 Å². The molecule has 0 fully saturated rings. The van der Waals surface area contributed by atoms with Gasteiger partial charge in [0.15, 0.2) is 0 Å². The molecule has 0 amide bonds. The van der Waals surface area contributed by atoms with E-state index in [4.69, 9.17) is 14.6 Å². The number of aliphatic hydroxyl groups excluding tert-OH is 1. The summed E-state index contributed by atoms with van der Waals surface area (Å²) < 4.78 is 9.85. The summed E-state index contributed by atoms with van der Waals surface area (Å²) in [6, 6.07) is 0. The number of carbonyl (C=O) groups is 1. The molecule has 0 spiro atoms. The standard InChI is InChI=1S/C21H34O4/c1-19(2)12-11-14-20(3)13-9-7-5-4-6-8-10-16-25-21(23)18-24-17-15-22/h5-8,12-13,22H,4,9-11,14-18H2,1-3H3/b7-5-,8-6-,20-13+. The van der Waals surface area contributed by atoms with E-state index in [1.54, 1.807) is 0 Å². The minimum atomic E-state index is -0.395. The van der Waals surface area contributed by atoms with Crippen LogP contribution in [0.5, 0.6) is 0 Å². The molecule has 0 radical (unpaired) electrons. The molecule has 0 heterocycles. The molecule has 0 bridgehead atoms. The van der Waals surface area contributed by atoms with Gasteiger partial charge in [-0.15, -0.1) is 0 Å². The van der Waals surface area contributed by atoms with E-state index in [2.05, 4.69) is 51.2 Å². The Morgan fingerprint density at radius 1 is 0.920 bits per heavy atom. The summed E-state index contributed by atoms with van der Waals surface area (Å²) in [5.41, 5.74) is 2.81. The van der Waals surface area contributed by atoms with Crippen LogP contribution in [0.1, 0.15) is 52.9 Å². The number of hydrogen-bond acceptors (Lipinski definition) is 4. The van der Waals surface area contributed by atoms with Crippen LogP contribution in [0.2, 0.25) is 0 Å². The van der Waals surface area contributed by atoms with Crippen molar-refractivity contribution in [1.29, 1.82) is 0 Å². The highest BCUT2D eigenvalue weighted by atomic mass is 16.6. The first-order valence-electron chi connectivity index (χ1n) is 8.99. The molecule has 142 valence electrons. The van der Waals surface area contributed by atoms with Crippen LogP contribution in [0.3, 0.4) is 0 Å². The molecule has 4 heteroatoms. The van der Waals surface area contributed by atoms with Gasteiger partial charge in [-0.1, -0.05) is 47.6 Å². The highest BCUT2D eigenvalue weighted by Crippen LogP contribution is 2.07. The van der Waals surface area contributed by atoms with Crippen LogP contribution in [0.4, 0.5) is 0 Å². The van der Waals surface area contributed by atoms with Gasteiger partial charge in [0.25, 0.3) is 0 Å². The molecule has 4 nitrogen and oxygen atoms in total. The lowest BCUT2D eigenvalue weighted by Crippen LogP contribution is -2.14. The second kappa shape index (κ2) is 17.2. The predicted molar refractivity (Wildman–Crippen MR) is 103 cm³/mol. The lowest BCUT2D eigenvalue weighted by atomic mass is 10.1. The summed E-state index contributed by atoms with van der Waals surface area (Å²) in [4.78, 5) is 11.2. The first-order chi connectivity index (χ1) is 12.1. The number of hydrogen-bond donors (Lipinski definition) is 1. The van der Waals surface area contributed by atoms with Crippen LogP contribution in [0.15, 0.2) is 47.6 Å². The van der Waals surface area contributed by atoms with E-state index in [0.29, 0.717) is 13.0 Å². The van der Waals surface area contributed by atoms with Crippen molar-refractivity contribution < 1.29 is 19.4 Å². The molecule has 0 aliphatic carbocycles. The molecule has 25 heavy (non-hydrogen) atoms. The number of rotatable bonds is 14. The first-order valence-corrected chi connectivity index (χ1v) is 8.99. The third kappa shape index (κ3) is 18.5. The third-order valence-electron chi connectivity index (χ3n) is 3.30. The number of carbonyl (C=O) groups excluding carboxylic acids is 1. The van der Waals surface area contributed by atoms with Gasteiger partial charge < -0.3 is 14.6 Å². The SMILES string of the molecule is CC(C)=CCC/C(C)=C/C/C=C\C/C=C\CCOC(=O)COCCO. The summed E-state index contributed by atoms with van der Waals surface area (Å²) in [5.74, 6) is -0.395. The lowest BCUT2D eigenvalue weighted by Gasteiger charge is -2.03. The normalized spacial score (nSPS) is 12.1. The maximum atomic E-state index is 11.2. The van der Waals surface area contributed by atoms with E-state index in [-0.39, 0.29) is 19.8 Å². The summed E-state index contributed by atoms with van der Waals surface area (Å²) in [7, 11) is 0. The molecule has 0 atom stereocenters. The van der Waals surface area contributed by atoms with Crippen molar-refractivity contribution >= 4 is 5.97 Å². The predicted octanol–water partition coefficient (Wildman–Crippen LogP) is 4.51. The Balaban J connectivity index is 3.62. The van der Waals surface area contributed by atoms with Gasteiger partial charge in [0.2, 0.25) is 0 Å². The average molecular weight is 350 g/mol. The fraction of sp³-hybridized carbons (Fsp3) is 0.571.